The minimum atomic E-state index is -4.17. The van der Waals surface area contributed by atoms with Crippen LogP contribution in [0, 0.1) is 12.7 Å². The molecule has 0 heterocycles. The standard InChI is InChI=1S/C8H7FO4S/c1-6-7(9)3-2-4-8(6)14(11,12)13-5-10/h2-5H,1H3. The lowest BCUT2D eigenvalue weighted by molar-refractivity contribution is -0.120. The number of carbonyl (C=O) groups excluding carboxylic acids is 1. The highest BCUT2D eigenvalue weighted by Crippen LogP contribution is 2.18. The van der Waals surface area contributed by atoms with Crippen molar-refractivity contribution in [2.45, 2.75) is 11.8 Å². The van der Waals surface area contributed by atoms with Gasteiger partial charge in [0.15, 0.2) is 0 Å². The average molecular weight is 218 g/mol. The largest absolute Gasteiger partial charge is 0.345 e. The van der Waals surface area contributed by atoms with Crippen LogP contribution in [0.25, 0.3) is 0 Å². The van der Waals surface area contributed by atoms with Crippen LogP contribution in [-0.2, 0) is 19.1 Å². The summed E-state index contributed by atoms with van der Waals surface area (Å²) in [4.78, 5) is 9.55. The van der Waals surface area contributed by atoms with Crippen molar-refractivity contribution in [3.63, 3.8) is 0 Å². The number of hydrogen-bond acceptors (Lipinski definition) is 4. The molecule has 0 atom stereocenters. The summed E-state index contributed by atoms with van der Waals surface area (Å²) in [6.07, 6.45) is 0. The van der Waals surface area contributed by atoms with Crippen LogP contribution >= 0.6 is 0 Å². The molecule has 0 aliphatic carbocycles. The van der Waals surface area contributed by atoms with Gasteiger partial charge < -0.3 is 4.18 Å². The molecule has 0 aromatic heterocycles. The van der Waals surface area contributed by atoms with Gasteiger partial charge in [-0.05, 0) is 19.1 Å². The number of carbonyl (C=O) groups is 1. The number of hydrogen-bond donors (Lipinski definition) is 0. The Labute approximate surface area is 80.4 Å². The molecule has 14 heavy (non-hydrogen) atoms. The van der Waals surface area contributed by atoms with Gasteiger partial charge in [0, 0.05) is 5.56 Å². The molecule has 0 fully saturated rings. The van der Waals surface area contributed by atoms with E-state index in [0.29, 0.717) is 0 Å². The van der Waals surface area contributed by atoms with E-state index in [1.54, 1.807) is 0 Å². The Hall–Kier alpha value is -1.43. The van der Waals surface area contributed by atoms with Crippen LogP contribution in [0.5, 0.6) is 0 Å². The van der Waals surface area contributed by atoms with Gasteiger partial charge in [0.25, 0.3) is 0 Å². The van der Waals surface area contributed by atoms with Gasteiger partial charge in [0.1, 0.15) is 10.7 Å². The fourth-order valence-corrected chi connectivity index (χ4v) is 1.89. The Kier molecular flexibility index (Phi) is 2.85. The summed E-state index contributed by atoms with van der Waals surface area (Å²) in [5.74, 6) is -0.666. The van der Waals surface area contributed by atoms with E-state index < -0.39 is 15.9 Å². The second kappa shape index (κ2) is 3.75. The summed E-state index contributed by atoms with van der Waals surface area (Å²) in [7, 11) is -4.17. The average Bonchev–Trinajstić information content (AvgIpc) is 2.09. The maximum absolute atomic E-state index is 12.9. The quantitative estimate of drug-likeness (QED) is 0.560. The lowest BCUT2D eigenvalue weighted by Crippen LogP contribution is -2.07. The van der Waals surface area contributed by atoms with E-state index in [0.717, 1.165) is 12.1 Å². The SMILES string of the molecule is Cc1c(F)cccc1S(=O)(=O)OC=O. The number of rotatable bonds is 3. The molecule has 4 nitrogen and oxygen atoms in total. The fourth-order valence-electron chi connectivity index (χ4n) is 0.962. The lowest BCUT2D eigenvalue weighted by atomic mass is 10.2. The van der Waals surface area contributed by atoms with E-state index in [1.807, 2.05) is 0 Å². The van der Waals surface area contributed by atoms with E-state index in [-0.39, 0.29) is 16.9 Å². The minimum Gasteiger partial charge on any atom is -0.345 e. The van der Waals surface area contributed by atoms with Crippen molar-refractivity contribution in [1.29, 1.82) is 0 Å². The number of benzene rings is 1. The van der Waals surface area contributed by atoms with Crippen molar-refractivity contribution in [3.8, 4) is 0 Å². The first-order valence-electron chi connectivity index (χ1n) is 3.61. The Morgan fingerprint density at radius 2 is 2.07 bits per heavy atom. The zero-order chi connectivity index (χ0) is 10.8. The number of halogens is 1. The molecule has 0 amide bonds. The molecular weight excluding hydrogens is 211 g/mol. The van der Waals surface area contributed by atoms with Gasteiger partial charge in [-0.3, -0.25) is 4.79 Å². The maximum Gasteiger partial charge on any atom is 0.341 e. The van der Waals surface area contributed by atoms with Crippen LogP contribution in [0.1, 0.15) is 5.56 Å². The molecule has 1 rings (SSSR count). The van der Waals surface area contributed by atoms with E-state index in [4.69, 9.17) is 0 Å². The molecule has 76 valence electrons. The van der Waals surface area contributed by atoms with Gasteiger partial charge in [-0.1, -0.05) is 6.07 Å². The monoisotopic (exact) mass is 218 g/mol. The predicted molar refractivity (Wildman–Crippen MR) is 45.5 cm³/mol. The molecule has 6 heteroatoms. The second-order valence-corrected chi connectivity index (χ2v) is 4.05. The third-order valence-electron chi connectivity index (χ3n) is 1.65. The van der Waals surface area contributed by atoms with Crippen molar-refractivity contribution in [2.75, 3.05) is 0 Å². The minimum absolute atomic E-state index is 0.0747. The Bertz CT molecular complexity index is 452. The van der Waals surface area contributed by atoms with Crippen LogP contribution in [-0.4, -0.2) is 14.9 Å². The van der Waals surface area contributed by atoms with Crippen LogP contribution in [0.4, 0.5) is 4.39 Å². The summed E-state index contributed by atoms with van der Waals surface area (Å²) in [6, 6.07) is 3.51. The molecular formula is C8H7FO4S. The van der Waals surface area contributed by atoms with Gasteiger partial charge in [0.2, 0.25) is 0 Å². The van der Waals surface area contributed by atoms with Crippen molar-refractivity contribution in [1.82, 2.24) is 0 Å². The third kappa shape index (κ3) is 1.90. The predicted octanol–water partition coefficient (Wildman–Crippen LogP) is 0.996. The van der Waals surface area contributed by atoms with Crippen LogP contribution in [0.15, 0.2) is 23.1 Å². The molecule has 0 N–H and O–H groups in total. The molecule has 0 bridgehead atoms. The Balaban J connectivity index is 3.33. The van der Waals surface area contributed by atoms with E-state index in [9.17, 15) is 17.6 Å². The summed E-state index contributed by atoms with van der Waals surface area (Å²) in [6.45, 7) is 1.08. The van der Waals surface area contributed by atoms with Crippen LogP contribution in [0.2, 0.25) is 0 Å². The highest BCUT2D eigenvalue weighted by atomic mass is 32.2. The molecule has 0 saturated heterocycles. The molecule has 0 unspecified atom stereocenters. The molecule has 0 radical (unpaired) electrons. The smallest absolute Gasteiger partial charge is 0.341 e. The molecule has 0 aliphatic rings. The summed E-state index contributed by atoms with van der Waals surface area (Å²) < 4.78 is 39.2. The highest BCUT2D eigenvalue weighted by Gasteiger charge is 2.19. The van der Waals surface area contributed by atoms with Gasteiger partial charge in [-0.15, -0.1) is 0 Å². The van der Waals surface area contributed by atoms with Crippen molar-refractivity contribution in [3.05, 3.63) is 29.6 Å². The first-order chi connectivity index (χ1) is 6.49. The van der Waals surface area contributed by atoms with Gasteiger partial charge in [-0.2, -0.15) is 8.42 Å². The van der Waals surface area contributed by atoms with Crippen LogP contribution in [0.3, 0.4) is 0 Å². The van der Waals surface area contributed by atoms with Gasteiger partial charge in [-0.25, -0.2) is 4.39 Å². The normalized spacial score (nSPS) is 11.0. The fraction of sp³-hybridized carbons (Fsp3) is 0.125. The zero-order valence-electron chi connectivity index (χ0n) is 7.23. The third-order valence-corrected chi connectivity index (χ3v) is 2.97. The summed E-state index contributed by atoms with van der Waals surface area (Å²) in [5.41, 5.74) is -0.0747. The van der Waals surface area contributed by atoms with E-state index in [2.05, 4.69) is 4.18 Å². The van der Waals surface area contributed by atoms with Gasteiger partial charge in [0.05, 0.1) is 0 Å². The zero-order valence-corrected chi connectivity index (χ0v) is 8.05. The second-order valence-electron chi connectivity index (χ2n) is 2.51. The van der Waals surface area contributed by atoms with Crippen molar-refractivity contribution >= 4 is 16.6 Å². The van der Waals surface area contributed by atoms with Crippen molar-refractivity contribution < 1.29 is 21.8 Å². The van der Waals surface area contributed by atoms with E-state index >= 15 is 0 Å². The molecule has 1 aromatic rings. The first kappa shape index (κ1) is 10.6. The lowest BCUT2D eigenvalue weighted by Gasteiger charge is -2.04. The summed E-state index contributed by atoms with van der Waals surface area (Å²) in [5, 5.41) is 0. The van der Waals surface area contributed by atoms with E-state index in [1.165, 1.54) is 13.0 Å². The van der Waals surface area contributed by atoms with Crippen molar-refractivity contribution in [2.24, 2.45) is 0 Å². The Morgan fingerprint density at radius 3 is 2.64 bits per heavy atom. The van der Waals surface area contributed by atoms with Crippen LogP contribution < -0.4 is 0 Å². The highest BCUT2D eigenvalue weighted by molar-refractivity contribution is 7.87. The molecule has 0 spiro atoms. The maximum atomic E-state index is 12.9. The molecule has 0 saturated carbocycles. The first-order valence-corrected chi connectivity index (χ1v) is 5.02. The topological polar surface area (TPSA) is 60.4 Å². The van der Waals surface area contributed by atoms with Gasteiger partial charge >= 0.3 is 16.6 Å². The molecule has 1 aromatic carbocycles. The Morgan fingerprint density at radius 1 is 1.43 bits per heavy atom. The molecule has 0 aliphatic heterocycles. The summed E-state index contributed by atoms with van der Waals surface area (Å²) >= 11 is 0.